The Hall–Kier alpha value is -1.46. The molecule has 21 heavy (non-hydrogen) atoms. The second-order valence-corrected chi connectivity index (χ2v) is 6.01. The van der Waals surface area contributed by atoms with Gasteiger partial charge < -0.3 is 4.74 Å². The molecule has 0 bridgehead atoms. The number of ether oxygens (including phenoxy) is 1. The molecule has 3 nitrogen and oxygen atoms in total. The van der Waals surface area contributed by atoms with E-state index in [1.807, 2.05) is 12.1 Å². The zero-order valence-corrected chi connectivity index (χ0v) is 13.1. The summed E-state index contributed by atoms with van der Waals surface area (Å²) in [7, 11) is 0. The SMILES string of the molecule is Fc1cccc(OC2CCN(Cc3ccccc3Br)C2)n1. The molecule has 1 aliphatic heterocycles. The van der Waals surface area contributed by atoms with E-state index in [1.54, 1.807) is 12.1 Å². The van der Waals surface area contributed by atoms with Crippen molar-refractivity contribution in [2.45, 2.75) is 19.1 Å². The van der Waals surface area contributed by atoms with Gasteiger partial charge in [-0.15, -0.1) is 0 Å². The van der Waals surface area contributed by atoms with Gasteiger partial charge in [-0.05, 0) is 24.1 Å². The first-order valence-corrected chi connectivity index (χ1v) is 7.75. The molecular weight excluding hydrogens is 335 g/mol. The Morgan fingerprint density at radius 3 is 2.90 bits per heavy atom. The minimum Gasteiger partial charge on any atom is -0.473 e. The fourth-order valence-corrected chi connectivity index (χ4v) is 2.94. The predicted octanol–water partition coefficient (Wildman–Crippen LogP) is 3.64. The van der Waals surface area contributed by atoms with E-state index in [2.05, 4.69) is 37.9 Å². The molecule has 2 aromatic rings. The molecule has 1 atom stereocenters. The van der Waals surface area contributed by atoms with Crippen molar-refractivity contribution in [2.75, 3.05) is 13.1 Å². The number of aromatic nitrogens is 1. The molecule has 2 heterocycles. The van der Waals surface area contributed by atoms with Crippen molar-refractivity contribution in [3.8, 4) is 5.88 Å². The summed E-state index contributed by atoms with van der Waals surface area (Å²) in [6.45, 7) is 2.69. The van der Waals surface area contributed by atoms with Crippen molar-refractivity contribution in [3.05, 3.63) is 58.4 Å². The van der Waals surface area contributed by atoms with Crippen LogP contribution >= 0.6 is 15.9 Å². The Balaban J connectivity index is 1.57. The van der Waals surface area contributed by atoms with E-state index in [4.69, 9.17) is 4.74 Å². The lowest BCUT2D eigenvalue weighted by molar-refractivity contribution is 0.189. The third kappa shape index (κ3) is 3.80. The van der Waals surface area contributed by atoms with E-state index in [-0.39, 0.29) is 6.10 Å². The third-order valence-electron chi connectivity index (χ3n) is 3.56. The summed E-state index contributed by atoms with van der Waals surface area (Å²) >= 11 is 3.57. The van der Waals surface area contributed by atoms with Crippen LogP contribution in [0.5, 0.6) is 5.88 Å². The summed E-state index contributed by atoms with van der Waals surface area (Å²) in [4.78, 5) is 6.08. The molecule has 1 aromatic carbocycles. The number of halogens is 2. The number of rotatable bonds is 4. The number of pyridine rings is 1. The minimum atomic E-state index is -0.504. The molecule has 0 amide bonds. The second-order valence-electron chi connectivity index (χ2n) is 5.15. The van der Waals surface area contributed by atoms with Gasteiger partial charge >= 0.3 is 0 Å². The Kier molecular flexibility index (Phi) is 4.51. The first-order valence-electron chi connectivity index (χ1n) is 6.96. The van der Waals surface area contributed by atoms with E-state index in [9.17, 15) is 4.39 Å². The van der Waals surface area contributed by atoms with Gasteiger partial charge in [0.25, 0.3) is 0 Å². The maximum absolute atomic E-state index is 13.0. The fraction of sp³-hybridized carbons (Fsp3) is 0.312. The van der Waals surface area contributed by atoms with Crippen molar-refractivity contribution in [3.63, 3.8) is 0 Å². The summed E-state index contributed by atoms with van der Waals surface area (Å²) in [6, 6.07) is 12.9. The van der Waals surface area contributed by atoms with Crippen LogP contribution < -0.4 is 4.74 Å². The normalized spacial score (nSPS) is 18.9. The zero-order valence-electron chi connectivity index (χ0n) is 11.5. The number of likely N-dealkylation sites (tertiary alicyclic amines) is 1. The van der Waals surface area contributed by atoms with Crippen LogP contribution in [0.1, 0.15) is 12.0 Å². The molecule has 0 saturated carbocycles. The van der Waals surface area contributed by atoms with Crippen LogP contribution in [0.15, 0.2) is 46.9 Å². The van der Waals surface area contributed by atoms with Gasteiger partial charge in [0, 0.05) is 30.2 Å². The van der Waals surface area contributed by atoms with Crippen molar-refractivity contribution < 1.29 is 9.13 Å². The Morgan fingerprint density at radius 2 is 2.10 bits per heavy atom. The van der Waals surface area contributed by atoms with Crippen LogP contribution in [0.4, 0.5) is 4.39 Å². The first kappa shape index (κ1) is 14.5. The molecular formula is C16H16BrFN2O. The summed E-state index contributed by atoms with van der Waals surface area (Å²) < 4.78 is 19.9. The van der Waals surface area contributed by atoms with E-state index in [0.29, 0.717) is 5.88 Å². The first-order chi connectivity index (χ1) is 10.2. The van der Waals surface area contributed by atoms with E-state index < -0.39 is 5.95 Å². The lowest BCUT2D eigenvalue weighted by Gasteiger charge is -2.17. The highest BCUT2D eigenvalue weighted by Crippen LogP contribution is 2.22. The van der Waals surface area contributed by atoms with Gasteiger partial charge in [-0.3, -0.25) is 4.90 Å². The maximum Gasteiger partial charge on any atom is 0.216 e. The molecule has 5 heteroatoms. The van der Waals surface area contributed by atoms with Crippen LogP contribution in [-0.2, 0) is 6.54 Å². The molecule has 1 unspecified atom stereocenters. The summed E-state index contributed by atoms with van der Waals surface area (Å²) in [6.07, 6.45) is 1.00. The third-order valence-corrected chi connectivity index (χ3v) is 4.33. The molecule has 1 aromatic heterocycles. The van der Waals surface area contributed by atoms with Gasteiger partial charge in [0.2, 0.25) is 11.8 Å². The zero-order chi connectivity index (χ0) is 14.7. The lowest BCUT2D eigenvalue weighted by Crippen LogP contribution is -2.25. The quantitative estimate of drug-likeness (QED) is 0.787. The lowest BCUT2D eigenvalue weighted by atomic mass is 10.2. The number of nitrogens with zero attached hydrogens (tertiary/aromatic N) is 2. The van der Waals surface area contributed by atoms with Crippen LogP contribution in [0.25, 0.3) is 0 Å². The van der Waals surface area contributed by atoms with E-state index in [0.717, 1.165) is 30.5 Å². The Labute approximate surface area is 131 Å². The van der Waals surface area contributed by atoms with Crippen molar-refractivity contribution in [1.82, 2.24) is 9.88 Å². The monoisotopic (exact) mass is 350 g/mol. The molecule has 110 valence electrons. The van der Waals surface area contributed by atoms with Crippen molar-refractivity contribution in [2.24, 2.45) is 0 Å². The van der Waals surface area contributed by atoms with Crippen LogP contribution in [0, 0.1) is 5.95 Å². The van der Waals surface area contributed by atoms with Crippen LogP contribution in [0.2, 0.25) is 0 Å². The molecule has 1 saturated heterocycles. The van der Waals surface area contributed by atoms with Gasteiger partial charge in [-0.1, -0.05) is 40.2 Å². The molecule has 0 spiro atoms. The molecule has 1 aliphatic rings. The average Bonchev–Trinajstić information content (AvgIpc) is 2.89. The van der Waals surface area contributed by atoms with E-state index >= 15 is 0 Å². The number of hydrogen-bond acceptors (Lipinski definition) is 3. The second kappa shape index (κ2) is 6.54. The smallest absolute Gasteiger partial charge is 0.216 e. The standard InChI is InChI=1S/C16H16BrFN2O/c17-14-5-2-1-4-12(14)10-20-9-8-13(11-20)21-16-7-3-6-15(18)19-16/h1-7,13H,8-11H2. The molecule has 0 N–H and O–H groups in total. The highest BCUT2D eigenvalue weighted by atomic mass is 79.9. The van der Waals surface area contributed by atoms with Crippen LogP contribution in [0.3, 0.4) is 0 Å². The summed E-state index contributed by atoms with van der Waals surface area (Å²) in [5, 5.41) is 0. The molecule has 1 fully saturated rings. The molecule has 0 radical (unpaired) electrons. The van der Waals surface area contributed by atoms with Gasteiger partial charge in [0.05, 0.1) is 0 Å². The highest BCUT2D eigenvalue weighted by Gasteiger charge is 2.24. The van der Waals surface area contributed by atoms with E-state index in [1.165, 1.54) is 11.6 Å². The molecule has 0 aliphatic carbocycles. The van der Waals surface area contributed by atoms with Crippen molar-refractivity contribution in [1.29, 1.82) is 0 Å². The van der Waals surface area contributed by atoms with Gasteiger partial charge in [0.15, 0.2) is 0 Å². The van der Waals surface area contributed by atoms with Gasteiger partial charge in [0.1, 0.15) is 6.10 Å². The summed E-state index contributed by atoms with van der Waals surface area (Å²) in [5.74, 6) is -0.140. The highest BCUT2D eigenvalue weighted by molar-refractivity contribution is 9.10. The van der Waals surface area contributed by atoms with Crippen LogP contribution in [-0.4, -0.2) is 29.1 Å². The minimum absolute atomic E-state index is 0.0711. The average molecular weight is 351 g/mol. The Morgan fingerprint density at radius 1 is 1.24 bits per heavy atom. The largest absolute Gasteiger partial charge is 0.473 e. The predicted molar refractivity (Wildman–Crippen MR) is 82.6 cm³/mol. The number of benzene rings is 1. The van der Waals surface area contributed by atoms with Gasteiger partial charge in [-0.2, -0.15) is 9.37 Å². The topological polar surface area (TPSA) is 25.4 Å². The Bertz CT molecular complexity index is 623. The van der Waals surface area contributed by atoms with Gasteiger partial charge in [-0.25, -0.2) is 0 Å². The maximum atomic E-state index is 13.0. The summed E-state index contributed by atoms with van der Waals surface area (Å²) in [5.41, 5.74) is 1.27. The molecule has 3 rings (SSSR count). The fourth-order valence-electron chi connectivity index (χ4n) is 2.53. The number of hydrogen-bond donors (Lipinski definition) is 0. The van der Waals surface area contributed by atoms with Crippen molar-refractivity contribution >= 4 is 15.9 Å².